The van der Waals surface area contributed by atoms with E-state index >= 15 is 0 Å². The van der Waals surface area contributed by atoms with Crippen LogP contribution in [0.3, 0.4) is 0 Å². The number of nitrogens with zero attached hydrogens (tertiary/aromatic N) is 1. The predicted molar refractivity (Wildman–Crippen MR) is 71.5 cm³/mol. The predicted octanol–water partition coefficient (Wildman–Crippen LogP) is 2.27. The van der Waals surface area contributed by atoms with Crippen LogP contribution in [-0.2, 0) is 17.8 Å². The lowest BCUT2D eigenvalue weighted by Crippen LogP contribution is -2.34. The number of rotatable bonds is 5. The van der Waals surface area contributed by atoms with Crippen molar-refractivity contribution in [3.63, 3.8) is 0 Å². The minimum Gasteiger partial charge on any atom is -0.445 e. The zero-order valence-electron chi connectivity index (χ0n) is 10.8. The summed E-state index contributed by atoms with van der Waals surface area (Å²) >= 11 is 0. The summed E-state index contributed by atoms with van der Waals surface area (Å²) in [6, 6.07) is 9.57. The molecule has 0 saturated heterocycles. The van der Waals surface area contributed by atoms with Crippen molar-refractivity contribution in [1.82, 2.24) is 15.3 Å². The Bertz CT molecular complexity index is 497. The highest BCUT2D eigenvalue weighted by Gasteiger charge is 2.10. The van der Waals surface area contributed by atoms with E-state index in [0.29, 0.717) is 6.42 Å². The molecule has 0 saturated carbocycles. The van der Waals surface area contributed by atoms with E-state index in [0.717, 1.165) is 11.3 Å². The molecule has 19 heavy (non-hydrogen) atoms. The quantitative estimate of drug-likeness (QED) is 0.865. The number of imidazole rings is 1. The first-order valence-electron chi connectivity index (χ1n) is 6.19. The van der Waals surface area contributed by atoms with Crippen molar-refractivity contribution in [3.8, 4) is 0 Å². The number of amides is 1. The van der Waals surface area contributed by atoms with Crippen LogP contribution in [0.5, 0.6) is 0 Å². The van der Waals surface area contributed by atoms with Gasteiger partial charge in [-0.25, -0.2) is 9.78 Å². The molecule has 2 rings (SSSR count). The Morgan fingerprint density at radius 3 is 2.89 bits per heavy atom. The fourth-order valence-corrected chi connectivity index (χ4v) is 1.73. The zero-order chi connectivity index (χ0) is 13.5. The molecule has 1 aromatic carbocycles. The van der Waals surface area contributed by atoms with Gasteiger partial charge in [-0.15, -0.1) is 0 Å². The first-order chi connectivity index (χ1) is 9.24. The third-order valence-electron chi connectivity index (χ3n) is 2.65. The number of alkyl carbamates (subject to hydrolysis) is 1. The van der Waals surface area contributed by atoms with Gasteiger partial charge in [-0.2, -0.15) is 0 Å². The van der Waals surface area contributed by atoms with Gasteiger partial charge in [-0.1, -0.05) is 30.3 Å². The molecule has 0 bridgehead atoms. The summed E-state index contributed by atoms with van der Waals surface area (Å²) in [5, 5.41) is 2.77. The maximum Gasteiger partial charge on any atom is 0.407 e. The van der Waals surface area contributed by atoms with E-state index in [1.165, 1.54) is 0 Å². The van der Waals surface area contributed by atoms with Crippen LogP contribution in [0.2, 0.25) is 0 Å². The fourth-order valence-electron chi connectivity index (χ4n) is 1.73. The standard InChI is InChI=1S/C14H17N3O2/c1-11(7-13-8-15-10-16-13)17-14(18)19-9-12-5-3-2-4-6-12/h2-6,8,10-11H,7,9H2,1H3,(H,15,16)(H,17,18)/t11-/m1/s1. The van der Waals surface area contributed by atoms with Crippen molar-refractivity contribution in [2.45, 2.75) is 26.0 Å². The third kappa shape index (κ3) is 4.46. The Morgan fingerprint density at radius 1 is 1.42 bits per heavy atom. The SMILES string of the molecule is C[C@H](Cc1c[nH]cn1)NC(=O)OCc1ccccc1. The van der Waals surface area contributed by atoms with Crippen molar-refractivity contribution in [1.29, 1.82) is 0 Å². The molecule has 1 atom stereocenters. The third-order valence-corrected chi connectivity index (χ3v) is 2.65. The van der Waals surface area contributed by atoms with Gasteiger partial charge in [-0.05, 0) is 12.5 Å². The number of benzene rings is 1. The molecule has 5 heteroatoms. The van der Waals surface area contributed by atoms with Gasteiger partial charge in [0.2, 0.25) is 0 Å². The van der Waals surface area contributed by atoms with Crippen LogP contribution in [0.25, 0.3) is 0 Å². The van der Waals surface area contributed by atoms with E-state index < -0.39 is 6.09 Å². The minimum atomic E-state index is -0.410. The van der Waals surface area contributed by atoms with E-state index in [-0.39, 0.29) is 12.6 Å². The molecule has 1 amide bonds. The topological polar surface area (TPSA) is 67.0 Å². The molecule has 1 aromatic heterocycles. The molecule has 0 aliphatic rings. The van der Waals surface area contributed by atoms with E-state index in [1.807, 2.05) is 43.5 Å². The highest BCUT2D eigenvalue weighted by molar-refractivity contribution is 5.67. The number of nitrogens with one attached hydrogen (secondary N) is 2. The minimum absolute atomic E-state index is 0.0217. The molecule has 0 aliphatic heterocycles. The second kappa shape index (κ2) is 6.58. The van der Waals surface area contributed by atoms with E-state index in [2.05, 4.69) is 15.3 Å². The number of carbonyl (C=O) groups is 1. The second-order valence-corrected chi connectivity index (χ2v) is 4.37. The molecule has 5 nitrogen and oxygen atoms in total. The summed E-state index contributed by atoms with van der Waals surface area (Å²) in [4.78, 5) is 18.6. The molecular weight excluding hydrogens is 242 g/mol. The first kappa shape index (κ1) is 13.1. The van der Waals surface area contributed by atoms with E-state index in [9.17, 15) is 4.79 Å². The normalized spacial score (nSPS) is 11.8. The van der Waals surface area contributed by atoms with Gasteiger partial charge in [-0.3, -0.25) is 0 Å². The summed E-state index contributed by atoms with van der Waals surface area (Å²) in [5.41, 5.74) is 1.88. The first-order valence-corrected chi connectivity index (χ1v) is 6.19. The Balaban J connectivity index is 1.72. The Hall–Kier alpha value is -2.30. The van der Waals surface area contributed by atoms with Crippen LogP contribution >= 0.6 is 0 Å². The van der Waals surface area contributed by atoms with Crippen LogP contribution in [0.15, 0.2) is 42.9 Å². The molecule has 1 heterocycles. The molecular formula is C14H17N3O2. The smallest absolute Gasteiger partial charge is 0.407 e. The Labute approximate surface area is 112 Å². The van der Waals surface area contributed by atoms with Gasteiger partial charge >= 0.3 is 6.09 Å². The van der Waals surface area contributed by atoms with Gasteiger partial charge < -0.3 is 15.0 Å². The van der Waals surface area contributed by atoms with Crippen LogP contribution in [-0.4, -0.2) is 22.1 Å². The highest BCUT2D eigenvalue weighted by atomic mass is 16.5. The lowest BCUT2D eigenvalue weighted by Gasteiger charge is -2.12. The van der Waals surface area contributed by atoms with Gasteiger partial charge in [0.1, 0.15) is 6.61 Å². The Kier molecular flexibility index (Phi) is 4.55. The monoisotopic (exact) mass is 259 g/mol. The fraction of sp³-hybridized carbons (Fsp3) is 0.286. The van der Waals surface area contributed by atoms with E-state index in [4.69, 9.17) is 4.74 Å². The van der Waals surface area contributed by atoms with Gasteiger partial charge in [0.15, 0.2) is 0 Å². The van der Waals surface area contributed by atoms with Gasteiger partial charge in [0.05, 0.1) is 12.0 Å². The highest BCUT2D eigenvalue weighted by Crippen LogP contribution is 2.02. The number of aromatic nitrogens is 2. The van der Waals surface area contributed by atoms with E-state index in [1.54, 1.807) is 6.33 Å². The van der Waals surface area contributed by atoms with Crippen LogP contribution < -0.4 is 5.32 Å². The number of hydrogen-bond acceptors (Lipinski definition) is 3. The number of hydrogen-bond donors (Lipinski definition) is 2. The molecule has 0 unspecified atom stereocenters. The molecule has 0 spiro atoms. The van der Waals surface area contributed by atoms with Crippen molar-refractivity contribution in [2.75, 3.05) is 0 Å². The molecule has 0 fully saturated rings. The summed E-state index contributed by atoms with van der Waals surface area (Å²) < 4.78 is 5.14. The average Bonchev–Trinajstić information content (AvgIpc) is 2.90. The summed E-state index contributed by atoms with van der Waals surface area (Å²) in [7, 11) is 0. The van der Waals surface area contributed by atoms with Crippen molar-refractivity contribution >= 4 is 6.09 Å². The number of aromatic amines is 1. The molecule has 0 radical (unpaired) electrons. The molecule has 2 N–H and O–H groups in total. The summed E-state index contributed by atoms with van der Waals surface area (Å²) in [6.07, 6.45) is 3.69. The largest absolute Gasteiger partial charge is 0.445 e. The van der Waals surface area contributed by atoms with Crippen molar-refractivity contribution in [3.05, 3.63) is 54.1 Å². The summed E-state index contributed by atoms with van der Waals surface area (Å²) in [6.45, 7) is 2.19. The zero-order valence-corrected chi connectivity index (χ0v) is 10.8. The Morgan fingerprint density at radius 2 is 2.21 bits per heavy atom. The lowest BCUT2D eigenvalue weighted by atomic mass is 10.2. The van der Waals surface area contributed by atoms with Crippen LogP contribution in [0.1, 0.15) is 18.2 Å². The maximum atomic E-state index is 11.6. The number of carbonyl (C=O) groups excluding carboxylic acids is 1. The molecule has 0 aliphatic carbocycles. The maximum absolute atomic E-state index is 11.6. The van der Waals surface area contributed by atoms with Crippen LogP contribution in [0.4, 0.5) is 4.79 Å². The van der Waals surface area contributed by atoms with Crippen molar-refractivity contribution in [2.24, 2.45) is 0 Å². The number of ether oxygens (including phenoxy) is 1. The number of H-pyrrole nitrogens is 1. The molecule has 100 valence electrons. The average molecular weight is 259 g/mol. The molecule has 2 aromatic rings. The summed E-state index contributed by atoms with van der Waals surface area (Å²) in [5.74, 6) is 0. The van der Waals surface area contributed by atoms with Crippen molar-refractivity contribution < 1.29 is 9.53 Å². The van der Waals surface area contributed by atoms with Crippen LogP contribution in [0, 0.1) is 0 Å². The second-order valence-electron chi connectivity index (χ2n) is 4.37. The van der Waals surface area contributed by atoms with Gasteiger partial charge in [0.25, 0.3) is 0 Å². The lowest BCUT2D eigenvalue weighted by molar-refractivity contribution is 0.136. The van der Waals surface area contributed by atoms with Gasteiger partial charge in [0, 0.05) is 18.7 Å².